The Balaban J connectivity index is 2.53. The molecule has 0 saturated carbocycles. The fourth-order valence-electron chi connectivity index (χ4n) is 1.35. The number of hydrogen-bond acceptors (Lipinski definition) is 2. The van der Waals surface area contributed by atoms with Crippen molar-refractivity contribution in [2.75, 3.05) is 6.54 Å². The van der Waals surface area contributed by atoms with Gasteiger partial charge in [0.05, 0.1) is 5.69 Å². The molecule has 1 unspecified atom stereocenters. The molecule has 0 aliphatic heterocycles. The smallest absolute Gasteiger partial charge is 0.0522 e. The summed E-state index contributed by atoms with van der Waals surface area (Å²) in [7, 11) is 0. The van der Waals surface area contributed by atoms with Crippen LogP contribution in [0.4, 0.5) is 0 Å². The molecule has 0 aromatic carbocycles. The summed E-state index contributed by atoms with van der Waals surface area (Å²) in [6.07, 6.45) is 3.09. The highest BCUT2D eigenvalue weighted by molar-refractivity contribution is 5.00. The van der Waals surface area contributed by atoms with Crippen molar-refractivity contribution in [2.24, 2.45) is 5.92 Å². The highest BCUT2D eigenvalue weighted by Gasteiger charge is 2.05. The van der Waals surface area contributed by atoms with E-state index in [0.717, 1.165) is 19.6 Å². The lowest BCUT2D eigenvalue weighted by molar-refractivity contribution is 0.424. The molecule has 0 aliphatic rings. The average Bonchev–Trinajstić information content (AvgIpc) is 2.62. The highest BCUT2D eigenvalue weighted by atomic mass is 15.3. The molecule has 0 bridgehead atoms. The van der Waals surface area contributed by atoms with Gasteiger partial charge in [0.2, 0.25) is 0 Å². The maximum Gasteiger partial charge on any atom is 0.0522 e. The molecule has 80 valence electrons. The maximum atomic E-state index is 4.33. The Morgan fingerprint density at radius 1 is 1.50 bits per heavy atom. The molecule has 0 spiro atoms. The molecule has 3 heteroatoms. The van der Waals surface area contributed by atoms with Crippen molar-refractivity contribution in [3.8, 4) is 0 Å². The fraction of sp³-hybridized carbons (Fsp3) is 0.727. The maximum absolute atomic E-state index is 4.33. The second kappa shape index (κ2) is 5.81. The third kappa shape index (κ3) is 3.14. The van der Waals surface area contributed by atoms with E-state index in [4.69, 9.17) is 0 Å². The molecule has 1 heterocycles. The van der Waals surface area contributed by atoms with Crippen LogP contribution in [0.1, 0.15) is 32.9 Å². The van der Waals surface area contributed by atoms with Crippen molar-refractivity contribution < 1.29 is 0 Å². The minimum Gasteiger partial charge on any atom is -0.311 e. The molecule has 3 nitrogen and oxygen atoms in total. The van der Waals surface area contributed by atoms with Crippen LogP contribution in [0.3, 0.4) is 0 Å². The Labute approximate surface area is 86.5 Å². The van der Waals surface area contributed by atoms with E-state index >= 15 is 0 Å². The quantitative estimate of drug-likeness (QED) is 0.752. The van der Waals surface area contributed by atoms with Crippen LogP contribution < -0.4 is 5.32 Å². The lowest BCUT2D eigenvalue weighted by Crippen LogP contribution is -2.18. The Morgan fingerprint density at radius 3 is 2.93 bits per heavy atom. The van der Waals surface area contributed by atoms with E-state index in [1.54, 1.807) is 0 Å². The van der Waals surface area contributed by atoms with E-state index < -0.39 is 0 Å². The third-order valence-corrected chi connectivity index (χ3v) is 2.54. The summed E-state index contributed by atoms with van der Waals surface area (Å²) < 4.78 is 2.11. The van der Waals surface area contributed by atoms with Gasteiger partial charge in [0, 0.05) is 19.3 Å². The van der Waals surface area contributed by atoms with Gasteiger partial charge in [-0.1, -0.05) is 27.2 Å². The molecule has 0 amide bonds. The third-order valence-electron chi connectivity index (χ3n) is 2.54. The molecule has 0 radical (unpaired) electrons. The van der Waals surface area contributed by atoms with E-state index in [2.05, 4.69) is 41.9 Å². The van der Waals surface area contributed by atoms with Crippen molar-refractivity contribution >= 4 is 0 Å². The summed E-state index contributed by atoms with van der Waals surface area (Å²) in [5.74, 6) is 0.704. The zero-order chi connectivity index (χ0) is 10.4. The Morgan fingerprint density at radius 2 is 2.29 bits per heavy atom. The molecular weight excluding hydrogens is 174 g/mol. The first-order valence-electron chi connectivity index (χ1n) is 5.49. The molecule has 0 saturated heterocycles. The molecule has 14 heavy (non-hydrogen) atoms. The van der Waals surface area contributed by atoms with Crippen LogP contribution in [0.15, 0.2) is 12.3 Å². The van der Waals surface area contributed by atoms with Crippen LogP contribution >= 0.6 is 0 Å². The molecule has 0 aliphatic carbocycles. The first kappa shape index (κ1) is 11.2. The first-order valence-corrected chi connectivity index (χ1v) is 5.49. The average molecular weight is 195 g/mol. The van der Waals surface area contributed by atoms with Crippen molar-refractivity contribution in [1.82, 2.24) is 15.1 Å². The predicted octanol–water partition coefficient (Wildman–Crippen LogP) is 2.04. The van der Waals surface area contributed by atoms with Gasteiger partial charge >= 0.3 is 0 Å². The Bertz CT molecular complexity index is 255. The minimum atomic E-state index is 0.704. The number of hydrogen-bond donors (Lipinski definition) is 1. The number of nitrogens with zero attached hydrogens (tertiary/aromatic N) is 2. The summed E-state index contributed by atoms with van der Waals surface area (Å²) in [4.78, 5) is 0. The minimum absolute atomic E-state index is 0.704. The standard InChI is InChI=1S/C11H21N3/c1-4-10(3)9-14-11(6-7-13-14)8-12-5-2/h6-7,10,12H,4-5,8-9H2,1-3H3. The van der Waals surface area contributed by atoms with E-state index in [1.807, 2.05) is 6.20 Å². The summed E-state index contributed by atoms with van der Waals surface area (Å²) in [5, 5.41) is 7.66. The summed E-state index contributed by atoms with van der Waals surface area (Å²) in [5.41, 5.74) is 1.28. The SMILES string of the molecule is CCNCc1ccnn1CC(C)CC. The van der Waals surface area contributed by atoms with Gasteiger partial charge in [-0.25, -0.2) is 0 Å². The number of nitrogens with one attached hydrogen (secondary N) is 1. The van der Waals surface area contributed by atoms with E-state index in [-0.39, 0.29) is 0 Å². The van der Waals surface area contributed by atoms with Crippen LogP contribution in [-0.2, 0) is 13.1 Å². The second-order valence-electron chi connectivity index (χ2n) is 3.80. The summed E-state index contributed by atoms with van der Waals surface area (Å²) >= 11 is 0. The van der Waals surface area contributed by atoms with E-state index in [0.29, 0.717) is 5.92 Å². The van der Waals surface area contributed by atoms with Gasteiger partial charge in [-0.3, -0.25) is 4.68 Å². The van der Waals surface area contributed by atoms with Gasteiger partial charge in [-0.2, -0.15) is 5.10 Å². The van der Waals surface area contributed by atoms with Gasteiger partial charge in [-0.15, -0.1) is 0 Å². The lowest BCUT2D eigenvalue weighted by atomic mass is 10.1. The summed E-state index contributed by atoms with van der Waals surface area (Å²) in [6, 6.07) is 2.09. The van der Waals surface area contributed by atoms with Crippen molar-refractivity contribution in [3.05, 3.63) is 18.0 Å². The molecule has 1 aromatic rings. The van der Waals surface area contributed by atoms with E-state index in [9.17, 15) is 0 Å². The van der Waals surface area contributed by atoms with Crippen LogP contribution in [-0.4, -0.2) is 16.3 Å². The molecule has 0 fully saturated rings. The van der Waals surface area contributed by atoms with Crippen LogP contribution in [0.25, 0.3) is 0 Å². The molecule has 1 atom stereocenters. The lowest BCUT2D eigenvalue weighted by Gasteiger charge is -2.12. The summed E-state index contributed by atoms with van der Waals surface area (Å²) in [6.45, 7) is 9.57. The first-order chi connectivity index (χ1) is 6.77. The highest BCUT2D eigenvalue weighted by Crippen LogP contribution is 2.07. The van der Waals surface area contributed by atoms with Crippen molar-refractivity contribution in [2.45, 2.75) is 40.3 Å². The zero-order valence-electron chi connectivity index (χ0n) is 9.45. The van der Waals surface area contributed by atoms with Crippen LogP contribution in [0, 0.1) is 5.92 Å². The molecule has 1 rings (SSSR count). The van der Waals surface area contributed by atoms with Crippen molar-refractivity contribution in [1.29, 1.82) is 0 Å². The van der Waals surface area contributed by atoms with Gasteiger partial charge < -0.3 is 5.32 Å². The molecule has 1 N–H and O–H groups in total. The monoisotopic (exact) mass is 195 g/mol. The van der Waals surface area contributed by atoms with Gasteiger partial charge in [0.15, 0.2) is 0 Å². The Hall–Kier alpha value is -0.830. The topological polar surface area (TPSA) is 29.9 Å². The normalized spacial score (nSPS) is 13.1. The molecular formula is C11H21N3. The largest absolute Gasteiger partial charge is 0.311 e. The zero-order valence-corrected chi connectivity index (χ0v) is 9.45. The van der Waals surface area contributed by atoms with Gasteiger partial charge in [0.25, 0.3) is 0 Å². The predicted molar refractivity (Wildman–Crippen MR) is 59.1 cm³/mol. The van der Waals surface area contributed by atoms with Gasteiger partial charge in [-0.05, 0) is 18.5 Å². The van der Waals surface area contributed by atoms with Crippen LogP contribution in [0.5, 0.6) is 0 Å². The van der Waals surface area contributed by atoms with Crippen LogP contribution in [0.2, 0.25) is 0 Å². The Kier molecular flexibility index (Phi) is 4.66. The second-order valence-corrected chi connectivity index (χ2v) is 3.80. The number of aromatic nitrogens is 2. The van der Waals surface area contributed by atoms with E-state index in [1.165, 1.54) is 12.1 Å². The fourth-order valence-corrected chi connectivity index (χ4v) is 1.35. The number of rotatable bonds is 6. The van der Waals surface area contributed by atoms with Crippen molar-refractivity contribution in [3.63, 3.8) is 0 Å². The van der Waals surface area contributed by atoms with Gasteiger partial charge in [0.1, 0.15) is 0 Å². The molecule has 1 aromatic heterocycles.